The molecule has 0 aromatic heterocycles. The Morgan fingerprint density at radius 2 is 2.10 bits per heavy atom. The van der Waals surface area contributed by atoms with Gasteiger partial charge in [-0.15, -0.1) is 0 Å². The van der Waals surface area contributed by atoms with Crippen LogP contribution in [0.25, 0.3) is 0 Å². The summed E-state index contributed by atoms with van der Waals surface area (Å²) in [6, 6.07) is 12.4. The number of allylic oxidation sites excluding steroid dienone is 2. The summed E-state index contributed by atoms with van der Waals surface area (Å²) < 4.78 is 5.38. The maximum Gasteiger partial charge on any atom is 0.338 e. The van der Waals surface area contributed by atoms with E-state index in [1.807, 2.05) is 32.0 Å². The quantitative estimate of drug-likeness (QED) is 0.326. The van der Waals surface area contributed by atoms with Gasteiger partial charge in [-0.25, -0.2) is 4.79 Å². The highest BCUT2D eigenvalue weighted by Crippen LogP contribution is 2.50. The highest BCUT2D eigenvalue weighted by atomic mass is 16.6. The summed E-state index contributed by atoms with van der Waals surface area (Å²) in [7, 11) is 0. The van der Waals surface area contributed by atoms with E-state index in [-0.39, 0.29) is 40.4 Å². The topological polar surface area (TPSA) is 81.5 Å². The number of ether oxygens (including phenoxy) is 1. The first kappa shape index (κ1) is 19.2. The zero-order valence-corrected chi connectivity index (χ0v) is 16.5. The van der Waals surface area contributed by atoms with E-state index in [0.29, 0.717) is 12.2 Å². The second-order valence-electron chi connectivity index (χ2n) is 8.12. The summed E-state index contributed by atoms with van der Waals surface area (Å²) in [5.74, 6) is 0.386. The lowest BCUT2D eigenvalue weighted by Crippen LogP contribution is -2.29. The molecule has 2 aromatic carbocycles. The van der Waals surface area contributed by atoms with Gasteiger partial charge in [0.25, 0.3) is 5.69 Å². The van der Waals surface area contributed by atoms with Crippen LogP contribution in [-0.2, 0) is 4.74 Å². The minimum atomic E-state index is -0.361. The first-order chi connectivity index (χ1) is 13.9. The standard InChI is InChI=1S/C23H24N2O4/c1-14(2)13-29-23(26)16-9-10-21-20(12-16)18-7-4-8-19(18)22(24-21)15-5-3-6-17(11-15)25(27)28/h3-7,9-12,14,18-19,22,24H,8,13H2,1-2H3/t18-,19-,22-/m1/s1. The van der Waals surface area contributed by atoms with Crippen LogP contribution in [0.5, 0.6) is 0 Å². The van der Waals surface area contributed by atoms with Crippen LogP contribution in [0.4, 0.5) is 11.4 Å². The predicted molar refractivity (Wildman–Crippen MR) is 111 cm³/mol. The van der Waals surface area contributed by atoms with Crippen LogP contribution in [-0.4, -0.2) is 17.5 Å². The van der Waals surface area contributed by atoms with Crippen LogP contribution in [0, 0.1) is 22.0 Å². The number of nitrogens with one attached hydrogen (secondary N) is 1. The Hall–Kier alpha value is -3.15. The van der Waals surface area contributed by atoms with Gasteiger partial charge in [-0.3, -0.25) is 10.1 Å². The fourth-order valence-corrected chi connectivity index (χ4v) is 4.21. The highest BCUT2D eigenvalue weighted by molar-refractivity contribution is 5.90. The van der Waals surface area contributed by atoms with Gasteiger partial charge >= 0.3 is 5.97 Å². The number of nitro benzene ring substituents is 1. The Kier molecular flexibility index (Phi) is 5.09. The normalized spacial score (nSPS) is 22.0. The van der Waals surface area contributed by atoms with Crippen molar-refractivity contribution in [3.05, 3.63) is 81.4 Å². The van der Waals surface area contributed by atoms with E-state index >= 15 is 0 Å². The molecule has 0 spiro atoms. The minimum absolute atomic E-state index is 0.0267. The van der Waals surface area contributed by atoms with E-state index in [9.17, 15) is 14.9 Å². The van der Waals surface area contributed by atoms with Gasteiger partial charge in [0.15, 0.2) is 0 Å². The fourth-order valence-electron chi connectivity index (χ4n) is 4.21. The lowest BCUT2D eigenvalue weighted by molar-refractivity contribution is -0.384. The molecule has 6 nitrogen and oxygen atoms in total. The van der Waals surface area contributed by atoms with E-state index in [2.05, 4.69) is 17.5 Å². The van der Waals surface area contributed by atoms with Gasteiger partial charge < -0.3 is 10.1 Å². The van der Waals surface area contributed by atoms with Crippen LogP contribution in [0.3, 0.4) is 0 Å². The van der Waals surface area contributed by atoms with Crippen molar-refractivity contribution in [3.63, 3.8) is 0 Å². The lowest BCUT2D eigenvalue weighted by atomic mass is 9.76. The summed E-state index contributed by atoms with van der Waals surface area (Å²) in [5.41, 5.74) is 3.59. The molecule has 0 saturated carbocycles. The maximum absolute atomic E-state index is 12.4. The Balaban J connectivity index is 1.65. The van der Waals surface area contributed by atoms with E-state index in [4.69, 9.17) is 4.74 Å². The molecule has 4 rings (SSSR count). The molecule has 3 atom stereocenters. The first-order valence-electron chi connectivity index (χ1n) is 9.92. The number of non-ortho nitro benzene ring substituents is 1. The van der Waals surface area contributed by atoms with Gasteiger partial charge in [0.2, 0.25) is 0 Å². The molecule has 0 amide bonds. The predicted octanol–water partition coefficient (Wildman–Crippen LogP) is 5.23. The van der Waals surface area contributed by atoms with Gasteiger partial charge in [-0.1, -0.05) is 38.1 Å². The summed E-state index contributed by atoms with van der Waals surface area (Å²) in [6.45, 7) is 4.41. The smallest absolute Gasteiger partial charge is 0.338 e. The van der Waals surface area contributed by atoms with Crippen LogP contribution in [0.1, 0.15) is 53.7 Å². The maximum atomic E-state index is 12.4. The summed E-state index contributed by atoms with van der Waals surface area (Å²) in [4.78, 5) is 23.2. The van der Waals surface area contributed by atoms with Gasteiger partial charge in [-0.2, -0.15) is 0 Å². The molecule has 1 N–H and O–H groups in total. The second-order valence-corrected chi connectivity index (χ2v) is 8.12. The molecule has 29 heavy (non-hydrogen) atoms. The van der Waals surface area contributed by atoms with Gasteiger partial charge in [0.1, 0.15) is 0 Å². The van der Waals surface area contributed by atoms with Crippen molar-refractivity contribution >= 4 is 17.3 Å². The molecule has 0 fully saturated rings. The van der Waals surface area contributed by atoms with Gasteiger partial charge in [0.05, 0.1) is 23.1 Å². The Morgan fingerprint density at radius 1 is 1.28 bits per heavy atom. The van der Waals surface area contributed by atoms with Gasteiger partial charge in [0, 0.05) is 23.7 Å². The molecule has 0 unspecified atom stereocenters. The number of carbonyl (C=O) groups excluding carboxylic acids is 1. The molecule has 150 valence electrons. The Morgan fingerprint density at radius 3 is 2.86 bits per heavy atom. The third-order valence-corrected chi connectivity index (χ3v) is 5.59. The molecule has 0 bridgehead atoms. The van der Waals surface area contributed by atoms with Crippen molar-refractivity contribution in [2.45, 2.75) is 32.2 Å². The number of carbonyl (C=O) groups is 1. The molecule has 1 heterocycles. The van der Waals surface area contributed by atoms with E-state index in [1.54, 1.807) is 18.2 Å². The molecular weight excluding hydrogens is 368 g/mol. The number of hydrogen-bond donors (Lipinski definition) is 1. The molecular formula is C23H24N2O4. The zero-order chi connectivity index (χ0) is 20.5. The third kappa shape index (κ3) is 3.75. The third-order valence-electron chi connectivity index (χ3n) is 5.59. The summed E-state index contributed by atoms with van der Waals surface area (Å²) >= 11 is 0. The number of esters is 1. The highest BCUT2D eigenvalue weighted by Gasteiger charge is 2.38. The fraction of sp³-hybridized carbons (Fsp3) is 0.348. The van der Waals surface area contributed by atoms with E-state index in [0.717, 1.165) is 23.2 Å². The number of rotatable bonds is 5. The van der Waals surface area contributed by atoms with Crippen molar-refractivity contribution < 1.29 is 14.5 Å². The molecule has 0 radical (unpaired) electrons. The lowest BCUT2D eigenvalue weighted by Gasteiger charge is -2.37. The molecule has 6 heteroatoms. The van der Waals surface area contributed by atoms with Crippen molar-refractivity contribution in [2.75, 3.05) is 11.9 Å². The zero-order valence-electron chi connectivity index (χ0n) is 16.5. The minimum Gasteiger partial charge on any atom is -0.462 e. The number of hydrogen-bond acceptors (Lipinski definition) is 5. The SMILES string of the molecule is CC(C)COC(=O)c1ccc2c(c1)[C@@H]1C=CC[C@H]1[C@@H](c1cccc([N+](=O)[O-])c1)N2. The Labute approximate surface area is 169 Å². The van der Waals surface area contributed by atoms with Crippen LogP contribution in [0.2, 0.25) is 0 Å². The molecule has 2 aliphatic rings. The summed E-state index contributed by atoms with van der Waals surface area (Å²) in [6.07, 6.45) is 5.21. The number of anilines is 1. The van der Waals surface area contributed by atoms with Crippen molar-refractivity contribution in [2.24, 2.45) is 11.8 Å². The number of benzene rings is 2. The number of nitro groups is 1. The molecule has 1 aliphatic carbocycles. The summed E-state index contributed by atoms with van der Waals surface area (Å²) in [5, 5.41) is 14.7. The van der Waals surface area contributed by atoms with E-state index < -0.39 is 0 Å². The average molecular weight is 392 g/mol. The number of fused-ring (bicyclic) bond motifs is 3. The van der Waals surface area contributed by atoms with Gasteiger partial charge in [-0.05, 0) is 47.6 Å². The second kappa shape index (κ2) is 7.70. The molecule has 0 saturated heterocycles. The number of nitrogens with zero attached hydrogens (tertiary/aromatic N) is 1. The van der Waals surface area contributed by atoms with Crippen LogP contribution < -0.4 is 5.32 Å². The average Bonchev–Trinajstić information content (AvgIpc) is 3.21. The van der Waals surface area contributed by atoms with Crippen LogP contribution in [0.15, 0.2) is 54.6 Å². The van der Waals surface area contributed by atoms with Crippen molar-refractivity contribution in [1.82, 2.24) is 0 Å². The van der Waals surface area contributed by atoms with Crippen molar-refractivity contribution in [3.8, 4) is 0 Å². The molecule has 1 aliphatic heterocycles. The Bertz CT molecular complexity index is 983. The monoisotopic (exact) mass is 392 g/mol. The van der Waals surface area contributed by atoms with Crippen molar-refractivity contribution in [1.29, 1.82) is 0 Å². The van der Waals surface area contributed by atoms with Crippen LogP contribution >= 0.6 is 0 Å². The first-order valence-corrected chi connectivity index (χ1v) is 9.92. The largest absolute Gasteiger partial charge is 0.462 e. The van der Waals surface area contributed by atoms with E-state index in [1.165, 1.54) is 6.07 Å². The molecule has 2 aromatic rings.